The lowest BCUT2D eigenvalue weighted by Crippen LogP contribution is -2.23. The third-order valence-corrected chi connectivity index (χ3v) is 3.44. The van der Waals surface area contributed by atoms with E-state index in [1.54, 1.807) is 0 Å². The van der Waals surface area contributed by atoms with Crippen LogP contribution in [0.15, 0.2) is 36.7 Å². The van der Waals surface area contributed by atoms with Crippen molar-refractivity contribution in [3.8, 4) is 11.4 Å². The molecule has 10 nitrogen and oxygen atoms in total. The average Bonchev–Trinajstić information content (AvgIpc) is 3.17. The number of hydrogen-bond donors (Lipinski definition) is 1. The van der Waals surface area contributed by atoms with Gasteiger partial charge in [-0.1, -0.05) is 24.3 Å². The van der Waals surface area contributed by atoms with Gasteiger partial charge in [-0.2, -0.15) is 9.90 Å². The minimum absolute atomic E-state index is 0.0923. The van der Waals surface area contributed by atoms with Gasteiger partial charge in [0.2, 0.25) is 5.82 Å². The zero-order valence-corrected chi connectivity index (χ0v) is 12.8. The van der Waals surface area contributed by atoms with Crippen molar-refractivity contribution in [1.29, 1.82) is 0 Å². The number of tetrazole rings is 1. The van der Waals surface area contributed by atoms with Crippen molar-refractivity contribution in [2.45, 2.75) is 26.1 Å². The molecule has 3 aromatic rings. The monoisotopic (exact) mass is 329 g/mol. The molecule has 0 radical (unpaired) electrons. The van der Waals surface area contributed by atoms with Gasteiger partial charge in [0, 0.05) is 5.56 Å². The molecular formula is C14H15N7O3. The summed E-state index contributed by atoms with van der Waals surface area (Å²) in [7, 11) is 0. The molecule has 1 N–H and O–H groups in total. The number of hydrogen-bond acceptors (Lipinski definition) is 7. The molecule has 0 fully saturated rings. The van der Waals surface area contributed by atoms with Gasteiger partial charge in [0.05, 0.1) is 24.1 Å². The van der Waals surface area contributed by atoms with Crippen LogP contribution in [0.25, 0.3) is 11.4 Å². The molecule has 0 saturated carbocycles. The standard InChI is InChI=1S/C14H15N7O3/c1-10-4-2-3-5-13(10)14-16-18-20(17-14)9-12(22)8-19-7-11(6-15-19)21(23)24/h2-7,12,22H,8-9H2,1H3. The largest absolute Gasteiger partial charge is 0.389 e. The maximum Gasteiger partial charge on any atom is 0.306 e. The molecule has 24 heavy (non-hydrogen) atoms. The molecule has 0 aliphatic heterocycles. The molecule has 0 saturated heterocycles. The third kappa shape index (κ3) is 3.43. The third-order valence-electron chi connectivity index (χ3n) is 3.44. The molecule has 0 aliphatic carbocycles. The van der Waals surface area contributed by atoms with Gasteiger partial charge < -0.3 is 5.11 Å². The fraction of sp³-hybridized carbons (Fsp3) is 0.286. The van der Waals surface area contributed by atoms with E-state index in [-0.39, 0.29) is 18.8 Å². The van der Waals surface area contributed by atoms with Gasteiger partial charge in [-0.15, -0.1) is 10.2 Å². The van der Waals surface area contributed by atoms with Crippen LogP contribution in [-0.2, 0) is 13.1 Å². The summed E-state index contributed by atoms with van der Waals surface area (Å²) in [5, 5.41) is 36.7. The molecule has 1 unspecified atom stereocenters. The van der Waals surface area contributed by atoms with Gasteiger partial charge >= 0.3 is 5.69 Å². The summed E-state index contributed by atoms with van der Waals surface area (Å²) in [4.78, 5) is 11.4. The van der Waals surface area contributed by atoms with Crippen LogP contribution in [0.2, 0.25) is 0 Å². The molecule has 1 aromatic carbocycles. The Balaban J connectivity index is 1.65. The number of aryl methyl sites for hydroxylation is 1. The Morgan fingerprint density at radius 3 is 2.83 bits per heavy atom. The Morgan fingerprint density at radius 1 is 1.33 bits per heavy atom. The number of benzene rings is 1. The lowest BCUT2D eigenvalue weighted by atomic mass is 10.1. The SMILES string of the molecule is Cc1ccccc1-c1nnn(CC(O)Cn2cc([N+](=O)[O-])cn2)n1. The van der Waals surface area contributed by atoms with Crippen LogP contribution in [0, 0.1) is 17.0 Å². The quantitative estimate of drug-likeness (QED) is 0.524. The van der Waals surface area contributed by atoms with Crippen LogP contribution >= 0.6 is 0 Å². The predicted octanol–water partition coefficient (Wildman–Crippen LogP) is 0.814. The minimum Gasteiger partial charge on any atom is -0.389 e. The second kappa shape index (κ2) is 6.54. The number of aliphatic hydroxyl groups excluding tert-OH is 1. The predicted molar refractivity (Wildman–Crippen MR) is 82.9 cm³/mol. The van der Waals surface area contributed by atoms with Crippen molar-refractivity contribution < 1.29 is 10.0 Å². The summed E-state index contributed by atoms with van der Waals surface area (Å²) in [5.41, 5.74) is 1.78. The van der Waals surface area contributed by atoms with E-state index < -0.39 is 11.0 Å². The van der Waals surface area contributed by atoms with Gasteiger partial charge in [-0.25, -0.2) is 0 Å². The highest BCUT2D eigenvalue weighted by Crippen LogP contribution is 2.17. The normalized spacial score (nSPS) is 12.2. The Morgan fingerprint density at radius 2 is 2.12 bits per heavy atom. The van der Waals surface area contributed by atoms with Gasteiger partial charge in [0.15, 0.2) is 0 Å². The molecule has 0 aliphatic rings. The first kappa shape index (κ1) is 15.7. The average molecular weight is 329 g/mol. The lowest BCUT2D eigenvalue weighted by molar-refractivity contribution is -0.385. The molecule has 2 aromatic heterocycles. The summed E-state index contributed by atoms with van der Waals surface area (Å²) >= 11 is 0. The van der Waals surface area contributed by atoms with Crippen molar-refractivity contribution >= 4 is 5.69 Å². The van der Waals surface area contributed by atoms with Crippen LogP contribution in [-0.4, -0.2) is 46.1 Å². The molecule has 0 amide bonds. The molecule has 3 rings (SSSR count). The Labute approximate surface area is 136 Å². The summed E-state index contributed by atoms with van der Waals surface area (Å²) < 4.78 is 1.31. The first-order valence-electron chi connectivity index (χ1n) is 7.21. The van der Waals surface area contributed by atoms with Crippen LogP contribution in [0.4, 0.5) is 5.69 Å². The first-order chi connectivity index (χ1) is 11.5. The minimum atomic E-state index is -0.858. The second-order valence-corrected chi connectivity index (χ2v) is 5.31. The molecule has 0 bridgehead atoms. The van der Waals surface area contributed by atoms with E-state index >= 15 is 0 Å². The highest BCUT2D eigenvalue weighted by molar-refractivity contribution is 5.58. The van der Waals surface area contributed by atoms with Crippen molar-refractivity contribution in [3.05, 3.63) is 52.3 Å². The van der Waals surface area contributed by atoms with E-state index in [2.05, 4.69) is 20.5 Å². The van der Waals surface area contributed by atoms with Crippen LogP contribution < -0.4 is 0 Å². The fourth-order valence-electron chi connectivity index (χ4n) is 2.26. The number of aliphatic hydroxyl groups is 1. The number of rotatable bonds is 6. The van der Waals surface area contributed by atoms with E-state index in [9.17, 15) is 15.2 Å². The van der Waals surface area contributed by atoms with Crippen molar-refractivity contribution in [2.75, 3.05) is 0 Å². The smallest absolute Gasteiger partial charge is 0.306 e. The summed E-state index contributed by atoms with van der Waals surface area (Å²) in [6.45, 7) is 2.15. The number of nitrogens with zero attached hydrogens (tertiary/aromatic N) is 7. The number of nitro groups is 1. The van der Waals surface area contributed by atoms with E-state index in [1.165, 1.54) is 15.7 Å². The molecule has 1 atom stereocenters. The Kier molecular flexibility index (Phi) is 4.29. The summed E-state index contributed by atoms with van der Waals surface area (Å²) in [6, 6.07) is 7.67. The van der Waals surface area contributed by atoms with Crippen molar-refractivity contribution in [2.24, 2.45) is 0 Å². The molecule has 10 heteroatoms. The maximum absolute atomic E-state index is 10.6. The lowest BCUT2D eigenvalue weighted by Gasteiger charge is -2.08. The van der Waals surface area contributed by atoms with E-state index in [0.717, 1.165) is 17.3 Å². The van der Waals surface area contributed by atoms with Crippen LogP contribution in [0.1, 0.15) is 5.56 Å². The van der Waals surface area contributed by atoms with Gasteiger partial charge in [0.1, 0.15) is 12.4 Å². The zero-order chi connectivity index (χ0) is 17.1. The molecule has 2 heterocycles. The first-order valence-corrected chi connectivity index (χ1v) is 7.21. The zero-order valence-electron chi connectivity index (χ0n) is 12.8. The Hall–Kier alpha value is -3.14. The maximum atomic E-state index is 10.6. The highest BCUT2D eigenvalue weighted by Gasteiger charge is 2.14. The molecule has 0 spiro atoms. The van der Waals surface area contributed by atoms with Crippen molar-refractivity contribution in [3.63, 3.8) is 0 Å². The van der Waals surface area contributed by atoms with Gasteiger partial charge in [-0.05, 0) is 17.7 Å². The van der Waals surface area contributed by atoms with Crippen LogP contribution in [0.5, 0.6) is 0 Å². The van der Waals surface area contributed by atoms with Crippen LogP contribution in [0.3, 0.4) is 0 Å². The van der Waals surface area contributed by atoms with Gasteiger partial charge in [0.25, 0.3) is 0 Å². The molecular weight excluding hydrogens is 314 g/mol. The summed E-state index contributed by atoms with van der Waals surface area (Å²) in [6.07, 6.45) is 1.54. The van der Waals surface area contributed by atoms with E-state index in [4.69, 9.17) is 0 Å². The van der Waals surface area contributed by atoms with Crippen molar-refractivity contribution in [1.82, 2.24) is 30.0 Å². The topological polar surface area (TPSA) is 125 Å². The van der Waals surface area contributed by atoms with E-state index in [1.807, 2.05) is 31.2 Å². The Bertz CT molecular complexity index is 857. The number of aromatic nitrogens is 6. The van der Waals surface area contributed by atoms with Gasteiger partial charge in [-0.3, -0.25) is 14.8 Å². The highest BCUT2D eigenvalue weighted by atomic mass is 16.6. The fourth-order valence-corrected chi connectivity index (χ4v) is 2.26. The second-order valence-electron chi connectivity index (χ2n) is 5.31. The molecule has 124 valence electrons. The van der Waals surface area contributed by atoms with E-state index in [0.29, 0.717) is 5.82 Å². The summed E-state index contributed by atoms with van der Waals surface area (Å²) in [5.74, 6) is 0.482.